The Balaban J connectivity index is 3.05. The highest BCUT2D eigenvalue weighted by Crippen LogP contribution is 2.17. The molecular weight excluding hydrogens is 286 g/mol. The molecule has 1 aromatic carbocycles. The number of benzene rings is 1. The average Bonchev–Trinajstić information content (AvgIpc) is 2.27. The molecule has 5 heteroatoms. The molecule has 0 radical (unpaired) electrons. The third-order valence-electron chi connectivity index (χ3n) is 2.30. The van der Waals surface area contributed by atoms with E-state index >= 15 is 0 Å². The topological polar surface area (TPSA) is 57.6 Å². The van der Waals surface area contributed by atoms with Crippen molar-refractivity contribution in [3.63, 3.8) is 0 Å². The Bertz CT molecular complexity index is 445. The van der Waals surface area contributed by atoms with Gasteiger partial charge in [-0.1, -0.05) is 22.9 Å². The molecule has 0 atom stereocenters. The summed E-state index contributed by atoms with van der Waals surface area (Å²) in [6.07, 6.45) is 0.863. The normalized spacial score (nSPS) is 10.1. The van der Waals surface area contributed by atoms with Crippen LogP contribution in [0.25, 0.3) is 0 Å². The molecule has 0 saturated heterocycles. The Kier molecular flexibility index (Phi) is 4.69. The molecule has 0 saturated carbocycles. The Labute approximate surface area is 108 Å². The lowest BCUT2D eigenvalue weighted by molar-refractivity contribution is 0.0697. The number of halogens is 1. The largest absolute Gasteiger partial charge is 0.478 e. The molecule has 0 spiro atoms. The van der Waals surface area contributed by atoms with Crippen LogP contribution in [0, 0.1) is 0 Å². The Morgan fingerprint density at radius 2 is 1.88 bits per heavy atom. The van der Waals surface area contributed by atoms with Crippen LogP contribution >= 0.6 is 15.9 Å². The zero-order chi connectivity index (χ0) is 13.0. The summed E-state index contributed by atoms with van der Waals surface area (Å²) in [7, 11) is 1.70. The predicted molar refractivity (Wildman–Crippen MR) is 68.4 cm³/mol. The molecule has 0 aliphatic carbocycles. The van der Waals surface area contributed by atoms with Crippen LogP contribution in [0.5, 0.6) is 0 Å². The average molecular weight is 300 g/mol. The van der Waals surface area contributed by atoms with Crippen LogP contribution in [0.1, 0.15) is 34.1 Å². The second-order valence-electron chi connectivity index (χ2n) is 3.76. The number of hydrogen-bond donors (Lipinski definition) is 1. The van der Waals surface area contributed by atoms with Crippen LogP contribution in [0.15, 0.2) is 22.7 Å². The summed E-state index contributed by atoms with van der Waals surface area (Å²) in [5.74, 6) is -1.21. The molecule has 17 heavy (non-hydrogen) atoms. The first kappa shape index (κ1) is 13.7. The molecule has 1 rings (SSSR count). The van der Waals surface area contributed by atoms with E-state index in [9.17, 15) is 9.59 Å². The van der Waals surface area contributed by atoms with Gasteiger partial charge in [-0.3, -0.25) is 4.79 Å². The molecule has 1 amide bonds. The van der Waals surface area contributed by atoms with Gasteiger partial charge in [-0.25, -0.2) is 4.79 Å². The summed E-state index contributed by atoms with van der Waals surface area (Å²) >= 11 is 3.20. The first-order valence-corrected chi connectivity index (χ1v) is 6.04. The lowest BCUT2D eigenvalue weighted by Crippen LogP contribution is -2.27. The maximum atomic E-state index is 12.0. The van der Waals surface area contributed by atoms with Gasteiger partial charge in [0.2, 0.25) is 0 Å². The lowest BCUT2D eigenvalue weighted by atomic mass is 10.1. The number of carbonyl (C=O) groups is 2. The number of aromatic carboxylic acids is 1. The number of nitrogens with zero attached hydrogens (tertiary/aromatic N) is 1. The van der Waals surface area contributed by atoms with Gasteiger partial charge >= 0.3 is 5.97 Å². The standard InChI is InChI=1S/C12H14BrNO3/c1-3-4-14(2)11(15)8-5-9(12(16)17)7-10(13)6-8/h5-7H,3-4H2,1-2H3,(H,16,17). The van der Waals surface area contributed by atoms with Crippen molar-refractivity contribution in [1.29, 1.82) is 0 Å². The van der Waals surface area contributed by atoms with E-state index in [-0.39, 0.29) is 11.5 Å². The Hall–Kier alpha value is -1.36. The Morgan fingerprint density at radius 3 is 2.41 bits per heavy atom. The summed E-state index contributed by atoms with van der Waals surface area (Å²) in [5.41, 5.74) is 0.486. The van der Waals surface area contributed by atoms with Gasteiger partial charge in [0.25, 0.3) is 5.91 Å². The first-order chi connectivity index (χ1) is 7.95. The van der Waals surface area contributed by atoms with Crippen molar-refractivity contribution in [2.75, 3.05) is 13.6 Å². The second-order valence-corrected chi connectivity index (χ2v) is 4.68. The molecule has 92 valence electrons. The van der Waals surface area contributed by atoms with E-state index in [0.29, 0.717) is 16.6 Å². The van der Waals surface area contributed by atoms with Gasteiger partial charge in [0.05, 0.1) is 5.56 Å². The van der Waals surface area contributed by atoms with Crippen LogP contribution in [0.2, 0.25) is 0 Å². The van der Waals surface area contributed by atoms with E-state index in [0.717, 1.165) is 6.42 Å². The molecule has 4 nitrogen and oxygen atoms in total. The minimum absolute atomic E-state index is 0.104. The molecule has 1 N–H and O–H groups in total. The van der Waals surface area contributed by atoms with Crippen molar-refractivity contribution in [3.8, 4) is 0 Å². The van der Waals surface area contributed by atoms with Gasteiger partial charge in [0, 0.05) is 23.6 Å². The number of carboxylic acids is 1. The minimum Gasteiger partial charge on any atom is -0.478 e. The highest BCUT2D eigenvalue weighted by atomic mass is 79.9. The van der Waals surface area contributed by atoms with Crippen molar-refractivity contribution >= 4 is 27.8 Å². The fourth-order valence-electron chi connectivity index (χ4n) is 1.49. The second kappa shape index (κ2) is 5.82. The summed E-state index contributed by atoms with van der Waals surface area (Å²) in [5, 5.41) is 8.91. The zero-order valence-corrected chi connectivity index (χ0v) is 11.3. The third-order valence-corrected chi connectivity index (χ3v) is 2.76. The number of carboxylic acid groups (broad SMARTS) is 1. The van der Waals surface area contributed by atoms with E-state index < -0.39 is 5.97 Å². The van der Waals surface area contributed by atoms with Crippen LogP contribution in [-0.4, -0.2) is 35.5 Å². The molecular formula is C12H14BrNO3. The molecule has 0 fully saturated rings. The van der Waals surface area contributed by atoms with E-state index in [4.69, 9.17) is 5.11 Å². The fraction of sp³-hybridized carbons (Fsp3) is 0.333. The van der Waals surface area contributed by atoms with E-state index in [1.807, 2.05) is 6.92 Å². The smallest absolute Gasteiger partial charge is 0.335 e. The van der Waals surface area contributed by atoms with Gasteiger partial charge in [-0.15, -0.1) is 0 Å². The van der Waals surface area contributed by atoms with Crippen LogP contribution < -0.4 is 0 Å². The van der Waals surface area contributed by atoms with Crippen molar-refractivity contribution in [1.82, 2.24) is 4.90 Å². The molecule has 0 bridgehead atoms. The highest BCUT2D eigenvalue weighted by molar-refractivity contribution is 9.10. The minimum atomic E-state index is -1.04. The van der Waals surface area contributed by atoms with E-state index in [1.54, 1.807) is 18.0 Å². The summed E-state index contributed by atoms with van der Waals surface area (Å²) in [4.78, 5) is 24.4. The van der Waals surface area contributed by atoms with Crippen LogP contribution in [-0.2, 0) is 0 Å². The number of hydrogen-bond acceptors (Lipinski definition) is 2. The van der Waals surface area contributed by atoms with Crippen molar-refractivity contribution < 1.29 is 14.7 Å². The zero-order valence-electron chi connectivity index (χ0n) is 9.74. The van der Waals surface area contributed by atoms with Gasteiger partial charge < -0.3 is 10.0 Å². The van der Waals surface area contributed by atoms with Crippen LogP contribution in [0.3, 0.4) is 0 Å². The SMILES string of the molecule is CCCN(C)C(=O)c1cc(Br)cc(C(=O)O)c1. The number of amides is 1. The van der Waals surface area contributed by atoms with Gasteiger partial charge in [0.15, 0.2) is 0 Å². The highest BCUT2D eigenvalue weighted by Gasteiger charge is 2.14. The summed E-state index contributed by atoms with van der Waals surface area (Å²) in [6.45, 7) is 2.63. The van der Waals surface area contributed by atoms with Gasteiger partial charge in [-0.05, 0) is 24.6 Å². The predicted octanol–water partition coefficient (Wildman–Crippen LogP) is 2.63. The molecule has 0 heterocycles. The van der Waals surface area contributed by atoms with E-state index in [1.165, 1.54) is 12.1 Å². The Morgan fingerprint density at radius 1 is 1.29 bits per heavy atom. The van der Waals surface area contributed by atoms with Crippen molar-refractivity contribution in [2.45, 2.75) is 13.3 Å². The maximum absolute atomic E-state index is 12.0. The number of carbonyl (C=O) groups excluding carboxylic acids is 1. The molecule has 1 aromatic rings. The van der Waals surface area contributed by atoms with Gasteiger partial charge in [-0.2, -0.15) is 0 Å². The van der Waals surface area contributed by atoms with Crippen molar-refractivity contribution in [3.05, 3.63) is 33.8 Å². The molecule has 0 aliphatic rings. The molecule has 0 unspecified atom stereocenters. The fourth-order valence-corrected chi connectivity index (χ4v) is 1.99. The summed E-state index contributed by atoms with van der Waals surface area (Å²) < 4.78 is 0.589. The summed E-state index contributed by atoms with van der Waals surface area (Å²) in [6, 6.07) is 4.49. The third kappa shape index (κ3) is 3.56. The monoisotopic (exact) mass is 299 g/mol. The van der Waals surface area contributed by atoms with Crippen molar-refractivity contribution in [2.24, 2.45) is 0 Å². The molecule has 0 aliphatic heterocycles. The van der Waals surface area contributed by atoms with Crippen LogP contribution in [0.4, 0.5) is 0 Å². The maximum Gasteiger partial charge on any atom is 0.335 e. The lowest BCUT2D eigenvalue weighted by Gasteiger charge is -2.16. The van der Waals surface area contributed by atoms with Gasteiger partial charge in [0.1, 0.15) is 0 Å². The molecule has 0 aromatic heterocycles. The van der Waals surface area contributed by atoms with E-state index in [2.05, 4.69) is 15.9 Å². The quantitative estimate of drug-likeness (QED) is 0.930. The first-order valence-electron chi connectivity index (χ1n) is 5.25. The number of rotatable bonds is 4.